The highest BCUT2D eigenvalue weighted by Crippen LogP contribution is 2.25. The van der Waals surface area contributed by atoms with Gasteiger partial charge in [0.15, 0.2) is 11.6 Å². The van der Waals surface area contributed by atoms with E-state index in [-0.39, 0.29) is 23.3 Å². The number of sulfonamides is 1. The molecule has 1 amide bonds. The molecule has 0 aromatic heterocycles. The van der Waals surface area contributed by atoms with Gasteiger partial charge in [-0.2, -0.15) is 0 Å². The Morgan fingerprint density at radius 3 is 2.76 bits per heavy atom. The molecule has 2 heterocycles. The molecule has 1 atom stereocenters. The van der Waals surface area contributed by atoms with Crippen molar-refractivity contribution < 1.29 is 22.0 Å². The van der Waals surface area contributed by atoms with Crippen LogP contribution in [-0.4, -0.2) is 40.5 Å². The summed E-state index contributed by atoms with van der Waals surface area (Å²) in [5.74, 6) is -2.01. The first-order valence-electron chi connectivity index (χ1n) is 9.44. The molecule has 1 fully saturated rings. The van der Waals surface area contributed by atoms with E-state index in [1.165, 1.54) is 18.2 Å². The van der Waals surface area contributed by atoms with Gasteiger partial charge in [-0.1, -0.05) is 6.07 Å². The Hall–Kier alpha value is -2.52. The van der Waals surface area contributed by atoms with E-state index in [2.05, 4.69) is 10.0 Å². The molecule has 2 aliphatic heterocycles. The van der Waals surface area contributed by atoms with Gasteiger partial charge in [0.2, 0.25) is 10.0 Å². The molecule has 2 N–H and O–H groups in total. The Morgan fingerprint density at radius 2 is 1.97 bits per heavy atom. The molecule has 0 saturated carbocycles. The lowest BCUT2D eigenvalue weighted by Crippen LogP contribution is -2.33. The van der Waals surface area contributed by atoms with Crippen molar-refractivity contribution in [1.29, 1.82) is 0 Å². The van der Waals surface area contributed by atoms with Gasteiger partial charge in [0, 0.05) is 43.5 Å². The number of amides is 1. The minimum Gasteiger partial charge on any atom is -0.371 e. The monoisotopic (exact) mass is 421 g/mol. The van der Waals surface area contributed by atoms with Crippen LogP contribution >= 0.6 is 0 Å². The number of hydrogen-bond acceptors (Lipinski definition) is 4. The number of halogens is 2. The van der Waals surface area contributed by atoms with Crippen LogP contribution in [-0.2, 0) is 16.4 Å². The molecule has 9 heteroatoms. The van der Waals surface area contributed by atoms with Crippen LogP contribution in [0.5, 0.6) is 0 Å². The zero-order chi connectivity index (χ0) is 20.6. The molecule has 6 nitrogen and oxygen atoms in total. The molecule has 0 spiro atoms. The second-order valence-corrected chi connectivity index (χ2v) is 9.14. The summed E-state index contributed by atoms with van der Waals surface area (Å²) < 4.78 is 54.5. The summed E-state index contributed by atoms with van der Waals surface area (Å²) in [7, 11) is -3.76. The van der Waals surface area contributed by atoms with Crippen molar-refractivity contribution in [3.8, 4) is 0 Å². The van der Waals surface area contributed by atoms with Crippen LogP contribution in [0, 0.1) is 17.6 Å². The smallest absolute Gasteiger partial charge is 0.251 e. The summed E-state index contributed by atoms with van der Waals surface area (Å²) in [4.78, 5) is 13.9. The van der Waals surface area contributed by atoms with Crippen LogP contribution in [0.15, 0.2) is 41.3 Å². The molecular weight excluding hydrogens is 400 g/mol. The van der Waals surface area contributed by atoms with Gasteiger partial charge in [0.05, 0.1) is 4.90 Å². The quantitative estimate of drug-likeness (QED) is 0.775. The van der Waals surface area contributed by atoms with Gasteiger partial charge in [0.25, 0.3) is 5.91 Å². The first-order valence-corrected chi connectivity index (χ1v) is 10.9. The summed E-state index contributed by atoms with van der Waals surface area (Å²) >= 11 is 0. The highest BCUT2D eigenvalue weighted by atomic mass is 32.2. The maximum Gasteiger partial charge on any atom is 0.251 e. The molecule has 1 saturated heterocycles. The van der Waals surface area contributed by atoms with Crippen LogP contribution in [0.25, 0.3) is 0 Å². The second kappa shape index (κ2) is 7.72. The summed E-state index contributed by atoms with van der Waals surface area (Å²) in [5, 5.41) is 2.71. The van der Waals surface area contributed by atoms with Gasteiger partial charge < -0.3 is 10.2 Å². The van der Waals surface area contributed by atoms with Crippen molar-refractivity contribution in [2.45, 2.75) is 17.7 Å². The van der Waals surface area contributed by atoms with Crippen LogP contribution in [0.3, 0.4) is 0 Å². The van der Waals surface area contributed by atoms with Crippen LogP contribution in [0.4, 0.5) is 14.5 Å². The SMILES string of the molecule is O=C1NCCc2ccc(S(=O)(=O)NCC3CCN(c4ccc(F)c(F)c4)C3)cc21. The number of hydrogen-bond donors (Lipinski definition) is 2. The summed E-state index contributed by atoms with van der Waals surface area (Å²) in [6, 6.07) is 8.37. The normalized spacial score (nSPS) is 19.2. The zero-order valence-electron chi connectivity index (χ0n) is 15.6. The molecule has 154 valence electrons. The fourth-order valence-electron chi connectivity index (χ4n) is 3.78. The number of benzene rings is 2. The third-order valence-electron chi connectivity index (χ3n) is 5.43. The van der Waals surface area contributed by atoms with Gasteiger partial charge in [-0.25, -0.2) is 21.9 Å². The van der Waals surface area contributed by atoms with Gasteiger partial charge in [-0.3, -0.25) is 4.79 Å². The predicted molar refractivity (Wildman–Crippen MR) is 104 cm³/mol. The lowest BCUT2D eigenvalue weighted by molar-refractivity contribution is 0.0945. The molecule has 29 heavy (non-hydrogen) atoms. The van der Waals surface area contributed by atoms with Crippen molar-refractivity contribution in [3.05, 3.63) is 59.2 Å². The van der Waals surface area contributed by atoms with Crippen molar-refractivity contribution in [2.75, 3.05) is 31.1 Å². The first kappa shape index (κ1) is 19.8. The number of nitrogens with zero attached hydrogens (tertiary/aromatic N) is 1. The predicted octanol–water partition coefficient (Wildman–Crippen LogP) is 2.06. The van der Waals surface area contributed by atoms with Gasteiger partial charge in [-0.05, 0) is 48.6 Å². The van der Waals surface area contributed by atoms with Crippen LogP contribution in [0.1, 0.15) is 22.3 Å². The Balaban J connectivity index is 1.40. The Kier molecular flexibility index (Phi) is 5.26. The number of nitrogens with one attached hydrogen (secondary N) is 2. The largest absolute Gasteiger partial charge is 0.371 e. The molecule has 2 aromatic carbocycles. The maximum absolute atomic E-state index is 13.4. The van der Waals surface area contributed by atoms with E-state index in [4.69, 9.17) is 0 Å². The van der Waals surface area contributed by atoms with Gasteiger partial charge in [0.1, 0.15) is 0 Å². The topological polar surface area (TPSA) is 78.5 Å². The van der Waals surface area contributed by atoms with E-state index in [0.717, 1.165) is 24.1 Å². The highest BCUT2D eigenvalue weighted by molar-refractivity contribution is 7.89. The first-order chi connectivity index (χ1) is 13.8. The second-order valence-electron chi connectivity index (χ2n) is 7.38. The lowest BCUT2D eigenvalue weighted by atomic mass is 10.0. The molecular formula is C20H21F2N3O3S. The van der Waals surface area contributed by atoms with E-state index in [0.29, 0.717) is 37.3 Å². The highest BCUT2D eigenvalue weighted by Gasteiger charge is 2.26. The third-order valence-corrected chi connectivity index (χ3v) is 6.85. The standard InChI is InChI=1S/C20H21F2N3O3S/c21-18-4-2-15(9-19(18)22)25-8-6-13(12-25)11-24-29(27,28)16-3-1-14-5-7-23-20(26)17(14)10-16/h1-4,9-10,13,24H,5-8,11-12H2,(H,23,26). The van der Waals surface area contributed by atoms with Crippen LogP contribution in [0.2, 0.25) is 0 Å². The van der Waals surface area contributed by atoms with Crippen LogP contribution < -0.4 is 14.9 Å². The van der Waals surface area contributed by atoms with Crippen molar-refractivity contribution in [2.24, 2.45) is 5.92 Å². The van der Waals surface area contributed by atoms with E-state index in [9.17, 15) is 22.0 Å². The van der Waals surface area contributed by atoms with Gasteiger partial charge >= 0.3 is 0 Å². The minimum absolute atomic E-state index is 0.0406. The molecule has 2 aliphatic rings. The molecule has 0 aliphatic carbocycles. The lowest BCUT2D eigenvalue weighted by Gasteiger charge is -2.19. The number of anilines is 1. The summed E-state index contributed by atoms with van der Waals surface area (Å²) in [6.45, 7) is 1.95. The molecule has 0 radical (unpaired) electrons. The molecule has 4 rings (SSSR count). The van der Waals surface area contributed by atoms with Crippen molar-refractivity contribution in [1.82, 2.24) is 10.0 Å². The Bertz CT molecular complexity index is 1060. The average molecular weight is 421 g/mol. The summed E-state index contributed by atoms with van der Waals surface area (Å²) in [6.07, 6.45) is 1.41. The molecule has 1 unspecified atom stereocenters. The number of rotatable bonds is 5. The van der Waals surface area contributed by atoms with Gasteiger partial charge in [-0.15, -0.1) is 0 Å². The molecule has 2 aromatic rings. The van der Waals surface area contributed by atoms with E-state index in [1.807, 2.05) is 4.90 Å². The minimum atomic E-state index is -3.76. The summed E-state index contributed by atoms with van der Waals surface area (Å²) in [5.41, 5.74) is 1.81. The fraction of sp³-hybridized carbons (Fsp3) is 0.350. The van der Waals surface area contributed by atoms with Crippen molar-refractivity contribution >= 4 is 21.6 Å². The zero-order valence-corrected chi connectivity index (χ0v) is 16.4. The number of carbonyl (C=O) groups is 1. The number of fused-ring (bicyclic) bond motifs is 1. The Morgan fingerprint density at radius 1 is 1.14 bits per heavy atom. The molecule has 0 bridgehead atoms. The number of carbonyl (C=O) groups excluding carboxylic acids is 1. The van der Waals surface area contributed by atoms with E-state index in [1.54, 1.807) is 6.07 Å². The van der Waals surface area contributed by atoms with E-state index >= 15 is 0 Å². The maximum atomic E-state index is 13.4. The Labute approximate surface area is 168 Å². The average Bonchev–Trinajstić information content (AvgIpc) is 3.18. The van der Waals surface area contributed by atoms with Crippen molar-refractivity contribution in [3.63, 3.8) is 0 Å². The van der Waals surface area contributed by atoms with E-state index < -0.39 is 21.7 Å². The fourth-order valence-corrected chi connectivity index (χ4v) is 4.93. The third kappa shape index (κ3) is 4.11.